The van der Waals surface area contributed by atoms with Gasteiger partial charge in [-0.15, -0.1) is 0 Å². The molecule has 0 bridgehead atoms. The average Bonchev–Trinajstić information content (AvgIpc) is 2.76. The topological polar surface area (TPSA) is 0 Å². The molecule has 0 saturated carbocycles. The maximum absolute atomic E-state index is 9.12. The predicted octanol–water partition coefficient (Wildman–Crippen LogP) is -9.51. The number of thiol groups is 4. The molecule has 24 heteroatoms. The summed E-state index contributed by atoms with van der Waals surface area (Å²) >= 11 is -6.60. The van der Waals surface area contributed by atoms with Gasteiger partial charge in [0.1, 0.15) is 0 Å². The van der Waals surface area contributed by atoms with E-state index < -0.39 is 149 Å². The number of halogens is 8. The Labute approximate surface area is 265 Å². The Morgan fingerprint density at radius 1 is 0.792 bits per heavy atom. The van der Waals surface area contributed by atoms with Gasteiger partial charge in [-0.3, -0.25) is 0 Å². The number of hydrogen-bond acceptors (Lipinski definition) is 8. The molecule has 0 radical (unpaired) electrons. The van der Waals surface area contributed by atoms with Crippen molar-refractivity contribution in [1.82, 2.24) is 0 Å². The van der Waals surface area contributed by atoms with Crippen LogP contribution in [0, 0.1) is 0 Å². The summed E-state index contributed by atoms with van der Waals surface area (Å²) < 4.78 is 64.2. The van der Waals surface area contributed by atoms with Gasteiger partial charge in [0.15, 0.2) is 0 Å². The van der Waals surface area contributed by atoms with Crippen molar-refractivity contribution in [2.45, 2.75) is 0 Å². The Kier molecular flexibility index (Phi) is 23.7. The summed E-state index contributed by atoms with van der Waals surface area (Å²) in [6.45, 7) is 0. The van der Waals surface area contributed by atoms with E-state index in [4.69, 9.17) is 10.7 Å². The van der Waals surface area contributed by atoms with Gasteiger partial charge in [-0.25, -0.2) is 0 Å². The van der Waals surface area contributed by atoms with E-state index in [0.717, 1.165) is 0 Å². The first-order valence-electron chi connectivity index (χ1n) is 9.34. The Morgan fingerprint density at radius 2 is 1.38 bits per heavy atom. The molecule has 0 aromatic carbocycles. The van der Waals surface area contributed by atoms with E-state index in [2.05, 4.69) is 39.2 Å². The molecule has 0 nitrogen and oxygen atoms in total. The second-order valence-electron chi connectivity index (χ2n) is 2.40. The second kappa shape index (κ2) is 26.8. The fourth-order valence-electron chi connectivity index (χ4n) is 0.580. The Morgan fingerprint density at radius 3 is 1.92 bits per heavy atom. The minimum atomic E-state index is -2.55. The number of hydrogen-bond donors (Lipinski definition) is 4. The monoisotopic (exact) mass is 1390 g/mol. The molecule has 0 heterocycles. The zero-order valence-electron chi connectivity index (χ0n) is 19.1. The molecule has 0 aliphatic rings. The molecule has 0 aliphatic heterocycles. The van der Waals surface area contributed by atoms with Crippen molar-refractivity contribution < 1.29 is 78.4 Å². The van der Waals surface area contributed by atoms with Gasteiger partial charge >= 0.3 is 273 Å². The molecule has 24 heavy (non-hydrogen) atoms. The van der Waals surface area contributed by atoms with Crippen molar-refractivity contribution in [2.24, 2.45) is 0 Å². The zero-order valence-corrected chi connectivity index (χ0v) is 35.2. The molecule has 0 rings (SSSR count). The standard InChI is InChI=1S/B8H12I8S8/c9-1-21-7-16(6-14(2-10-17)22-4-12-19)24-8-15(3-11-18)23-5-13-20/h1-8,17-20H/q-4/i1T,2T,3T,4T,5T,6T,7T,8T. The summed E-state index contributed by atoms with van der Waals surface area (Å²) in [4.78, 5) is 0. The molecule has 0 aliphatic carbocycles. The quantitative estimate of drug-likeness (QED) is 0.0613. The van der Waals surface area contributed by atoms with E-state index in [1.165, 1.54) is 37.8 Å². The van der Waals surface area contributed by atoms with E-state index in [9.17, 15) is 0 Å². The van der Waals surface area contributed by atoms with Crippen LogP contribution < -0.4 is 78.4 Å². The van der Waals surface area contributed by atoms with Crippen molar-refractivity contribution in [3.05, 3.63) is 0 Å². The van der Waals surface area contributed by atoms with Gasteiger partial charge in [-0.05, 0) is 0 Å². The molecular weight excluding hydrogens is 1360 g/mol. The maximum atomic E-state index is 9.12. The normalized spacial score (nSPS) is 17.1. The first-order chi connectivity index (χ1) is 14.9. The molecular formula is H12B8I8S8-4. The third-order valence-electron chi connectivity index (χ3n) is 1.17. The predicted molar refractivity (Wildman–Crippen MR) is 180 cm³/mol. The Hall–Kier alpha value is 9.16. The van der Waals surface area contributed by atoms with E-state index in [0.29, 0.717) is 0 Å². The first-order valence-corrected chi connectivity index (χ1v) is 42.6. The van der Waals surface area contributed by atoms with Crippen molar-refractivity contribution in [2.75, 3.05) is 0 Å². The molecule has 0 aromatic heterocycles. The summed E-state index contributed by atoms with van der Waals surface area (Å²) in [5, 5.41) is 0. The van der Waals surface area contributed by atoms with Crippen molar-refractivity contribution in [3.8, 4) is 0 Å². The van der Waals surface area contributed by atoms with Gasteiger partial charge in [0.05, 0.1) is 0 Å². The Bertz CT molecular complexity index is 501. The van der Waals surface area contributed by atoms with Crippen LogP contribution in [0.1, 0.15) is 0 Å². The third kappa shape index (κ3) is 21.7. The SMILES string of the molecule is [3H]B(I)SB([3H])I(SB([3H])I(SB([3H])[I-]S)B([3H])[I-]S)B([3H])I(SB([3H])[I-]S)B([3H])[I-]S. The summed E-state index contributed by atoms with van der Waals surface area (Å²) in [6.07, 6.45) is 0. The van der Waals surface area contributed by atoms with Gasteiger partial charge in [0.25, 0.3) is 0 Å². The van der Waals surface area contributed by atoms with Crippen LogP contribution in [-0.2, 0) is 0 Å². The van der Waals surface area contributed by atoms with Gasteiger partial charge < -0.3 is 0 Å². The van der Waals surface area contributed by atoms with Crippen LogP contribution in [0.25, 0.3) is 0 Å². The van der Waals surface area contributed by atoms with Crippen LogP contribution in [0.5, 0.6) is 0 Å². The first kappa shape index (κ1) is 21.3. The van der Waals surface area contributed by atoms with Crippen molar-refractivity contribution in [3.63, 3.8) is 0 Å². The summed E-state index contributed by atoms with van der Waals surface area (Å²) in [5.41, 5.74) is 0. The fourth-order valence-corrected chi connectivity index (χ4v) is 94.3. The van der Waals surface area contributed by atoms with Gasteiger partial charge in [-0.2, -0.15) is 0 Å². The van der Waals surface area contributed by atoms with E-state index in [1.807, 2.05) is 22.4 Å². The van der Waals surface area contributed by atoms with Crippen LogP contribution in [0.15, 0.2) is 0 Å². The van der Waals surface area contributed by atoms with Crippen LogP contribution in [0.3, 0.4) is 0 Å². The Balaban J connectivity index is 5.87. The molecule has 0 fully saturated rings. The molecule has 0 unspecified atom stereocenters. The second-order valence-corrected chi connectivity index (χ2v) is 47.0. The van der Waals surface area contributed by atoms with E-state index >= 15 is 0 Å². The summed E-state index contributed by atoms with van der Waals surface area (Å²) in [6, 6.07) is 0. The molecule has 144 valence electrons. The van der Waals surface area contributed by atoms with Crippen LogP contribution in [-0.4, -0.2) is 41.4 Å². The molecule has 0 amide bonds. The molecule has 0 N–H and O–H groups in total. The van der Waals surface area contributed by atoms with Crippen molar-refractivity contribution >= 4 is 184 Å². The average molecular weight is 1390 g/mol. The zero-order chi connectivity index (χ0) is 25.0. The summed E-state index contributed by atoms with van der Waals surface area (Å²) in [7, 11) is 21.7. The van der Waals surface area contributed by atoms with Gasteiger partial charge in [0, 0.05) is 0 Å². The van der Waals surface area contributed by atoms with Gasteiger partial charge in [0.2, 0.25) is 0 Å². The van der Waals surface area contributed by atoms with E-state index in [-0.39, 0.29) is 14.7 Å². The number of rotatable bonds is 18. The summed E-state index contributed by atoms with van der Waals surface area (Å²) in [5.74, 6) is 0. The fraction of sp³-hybridized carbons (Fsp3) is 0. The van der Waals surface area contributed by atoms with Gasteiger partial charge in [-0.1, -0.05) is 0 Å². The third-order valence-corrected chi connectivity index (χ3v) is 69.9. The van der Waals surface area contributed by atoms with Crippen LogP contribution >= 0.6 is 153 Å². The molecule has 0 saturated heterocycles. The van der Waals surface area contributed by atoms with Crippen LogP contribution in [0.2, 0.25) is 0 Å². The van der Waals surface area contributed by atoms with Crippen molar-refractivity contribution in [1.29, 1.82) is 10.7 Å². The van der Waals surface area contributed by atoms with Crippen LogP contribution in [0.4, 0.5) is 0 Å². The molecule has 0 atom stereocenters. The molecule has 0 aromatic rings. The van der Waals surface area contributed by atoms with E-state index in [1.54, 1.807) is 0 Å². The molecule has 0 spiro atoms. The minimum absolute atomic E-state index is 0.368.